The van der Waals surface area contributed by atoms with E-state index in [-0.39, 0.29) is 12.2 Å². The molecule has 2 aromatic rings. The van der Waals surface area contributed by atoms with Crippen LogP contribution in [0.2, 0.25) is 0 Å². The van der Waals surface area contributed by atoms with Gasteiger partial charge in [-0.1, -0.05) is 24.3 Å². The second kappa shape index (κ2) is 5.30. The molecule has 0 radical (unpaired) electrons. The molecule has 0 unspecified atom stereocenters. The molecule has 1 N–H and O–H groups in total. The number of rotatable bonds is 5. The monoisotopic (exact) mass is 261 g/mol. The minimum Gasteiger partial charge on any atom is -0.481 e. The highest BCUT2D eigenvalue weighted by Crippen LogP contribution is 2.13. The lowest BCUT2D eigenvalue weighted by Crippen LogP contribution is -2.07. The topological polar surface area (TPSA) is 98.3 Å². The third kappa shape index (κ3) is 3.15. The molecule has 0 atom stereocenters. The first-order valence-electron chi connectivity index (χ1n) is 5.52. The van der Waals surface area contributed by atoms with Crippen LogP contribution in [-0.2, 0) is 17.8 Å². The summed E-state index contributed by atoms with van der Waals surface area (Å²) in [6, 6.07) is 8.36. The summed E-state index contributed by atoms with van der Waals surface area (Å²) in [4.78, 5) is 20.7. The Morgan fingerprint density at radius 3 is 2.58 bits per heavy atom. The van der Waals surface area contributed by atoms with Crippen LogP contribution < -0.4 is 0 Å². The normalized spacial score (nSPS) is 10.3. The first kappa shape index (κ1) is 12.7. The van der Waals surface area contributed by atoms with Crippen LogP contribution in [0.25, 0.3) is 0 Å². The number of aromatic nitrogens is 2. The van der Waals surface area contributed by atoms with Crippen molar-refractivity contribution < 1.29 is 14.8 Å². The van der Waals surface area contributed by atoms with Crippen LogP contribution in [0.1, 0.15) is 11.1 Å². The third-order valence-electron chi connectivity index (χ3n) is 2.61. The number of nitro groups is 1. The van der Waals surface area contributed by atoms with Gasteiger partial charge in [0, 0.05) is 0 Å². The second-order valence-electron chi connectivity index (χ2n) is 3.97. The maximum Gasteiger partial charge on any atom is 0.389 e. The fraction of sp³-hybridized carbons (Fsp3) is 0.167. The van der Waals surface area contributed by atoms with Crippen molar-refractivity contribution >= 4 is 11.8 Å². The van der Waals surface area contributed by atoms with Crippen LogP contribution in [0.4, 0.5) is 5.82 Å². The lowest BCUT2D eigenvalue weighted by atomic mass is 10.0. The molecule has 19 heavy (non-hydrogen) atoms. The summed E-state index contributed by atoms with van der Waals surface area (Å²) in [6.45, 7) is 0.303. The van der Waals surface area contributed by atoms with Gasteiger partial charge in [-0.05, 0) is 16.1 Å². The number of carbonyl (C=O) groups is 1. The first-order valence-corrected chi connectivity index (χ1v) is 5.52. The van der Waals surface area contributed by atoms with Gasteiger partial charge in [-0.15, -0.1) is 0 Å². The van der Waals surface area contributed by atoms with Gasteiger partial charge in [-0.3, -0.25) is 4.79 Å². The maximum atomic E-state index is 10.8. The molecule has 7 heteroatoms. The smallest absolute Gasteiger partial charge is 0.389 e. The van der Waals surface area contributed by atoms with Gasteiger partial charge in [0.1, 0.15) is 0 Å². The number of carboxylic acids is 1. The number of hydrogen-bond acceptors (Lipinski definition) is 4. The molecule has 0 fully saturated rings. The fourth-order valence-corrected chi connectivity index (χ4v) is 1.76. The largest absolute Gasteiger partial charge is 0.481 e. The summed E-state index contributed by atoms with van der Waals surface area (Å²) >= 11 is 0. The summed E-state index contributed by atoms with van der Waals surface area (Å²) < 4.78 is 1.42. The lowest BCUT2D eigenvalue weighted by molar-refractivity contribution is -0.389. The molecule has 0 aliphatic heterocycles. The van der Waals surface area contributed by atoms with Crippen LogP contribution in [0, 0.1) is 10.1 Å². The Morgan fingerprint density at radius 1 is 1.32 bits per heavy atom. The summed E-state index contributed by atoms with van der Waals surface area (Å²) in [7, 11) is 0. The molecule has 1 aromatic carbocycles. The average molecular weight is 261 g/mol. The predicted octanol–water partition coefficient (Wildman–Crippen LogP) is 1.47. The fourth-order valence-electron chi connectivity index (χ4n) is 1.76. The van der Waals surface area contributed by atoms with Gasteiger partial charge < -0.3 is 15.2 Å². The standard InChI is InChI=1S/C12H11N3O4/c16-12(17)7-9-3-1-2-4-10(9)8-14-6-5-11(13-14)15(18)19/h1-6H,7-8H2,(H,16,17). The quantitative estimate of drug-likeness (QED) is 0.649. The SMILES string of the molecule is O=C(O)Cc1ccccc1Cn1ccc([N+](=O)[O-])n1. The van der Waals surface area contributed by atoms with Gasteiger partial charge in [-0.25, -0.2) is 0 Å². The molecular formula is C12H11N3O4. The van der Waals surface area contributed by atoms with E-state index in [2.05, 4.69) is 5.10 Å². The van der Waals surface area contributed by atoms with Crippen molar-refractivity contribution in [2.45, 2.75) is 13.0 Å². The van der Waals surface area contributed by atoms with Crippen molar-refractivity contribution in [1.82, 2.24) is 9.78 Å². The third-order valence-corrected chi connectivity index (χ3v) is 2.61. The van der Waals surface area contributed by atoms with Gasteiger partial charge >= 0.3 is 11.8 Å². The molecule has 0 saturated carbocycles. The number of carboxylic acid groups (broad SMARTS) is 1. The number of benzene rings is 1. The second-order valence-corrected chi connectivity index (χ2v) is 3.97. The van der Waals surface area contributed by atoms with Gasteiger partial charge in [0.25, 0.3) is 0 Å². The molecule has 98 valence electrons. The molecule has 1 heterocycles. The molecule has 0 spiro atoms. The van der Waals surface area contributed by atoms with Crippen LogP contribution in [0.5, 0.6) is 0 Å². The lowest BCUT2D eigenvalue weighted by Gasteiger charge is -2.05. The summed E-state index contributed by atoms with van der Waals surface area (Å²) in [6.07, 6.45) is 1.41. The Bertz CT molecular complexity index is 621. The molecule has 0 bridgehead atoms. The Labute approximate surface area is 108 Å². The Balaban J connectivity index is 2.22. The van der Waals surface area contributed by atoms with E-state index in [1.165, 1.54) is 16.9 Å². The van der Waals surface area contributed by atoms with E-state index in [0.29, 0.717) is 12.1 Å². The van der Waals surface area contributed by atoms with Gasteiger partial charge in [0.2, 0.25) is 0 Å². The maximum absolute atomic E-state index is 10.8. The van der Waals surface area contributed by atoms with E-state index in [0.717, 1.165) is 5.56 Å². The van der Waals surface area contributed by atoms with E-state index in [9.17, 15) is 14.9 Å². The van der Waals surface area contributed by atoms with E-state index in [1.807, 2.05) is 0 Å². The van der Waals surface area contributed by atoms with Crippen molar-refractivity contribution in [3.8, 4) is 0 Å². The van der Waals surface area contributed by atoms with Crippen LogP contribution >= 0.6 is 0 Å². The zero-order chi connectivity index (χ0) is 13.8. The van der Waals surface area contributed by atoms with Crippen molar-refractivity contribution in [1.29, 1.82) is 0 Å². The Kier molecular flexibility index (Phi) is 3.56. The molecule has 0 aliphatic carbocycles. The van der Waals surface area contributed by atoms with Crippen LogP contribution in [0.3, 0.4) is 0 Å². The Hall–Kier alpha value is -2.70. The Morgan fingerprint density at radius 2 is 2.00 bits per heavy atom. The highest BCUT2D eigenvalue weighted by atomic mass is 16.6. The highest BCUT2D eigenvalue weighted by Gasteiger charge is 2.13. The van der Waals surface area contributed by atoms with E-state index >= 15 is 0 Å². The summed E-state index contributed by atoms with van der Waals surface area (Å²) in [5, 5.41) is 23.1. The molecule has 2 rings (SSSR count). The minimum atomic E-state index is -0.918. The number of aliphatic carboxylic acids is 1. The van der Waals surface area contributed by atoms with Crippen LogP contribution in [0.15, 0.2) is 36.5 Å². The molecule has 0 saturated heterocycles. The number of hydrogen-bond donors (Lipinski definition) is 1. The van der Waals surface area contributed by atoms with E-state index < -0.39 is 10.9 Å². The summed E-state index contributed by atoms with van der Waals surface area (Å²) in [5.41, 5.74) is 1.45. The van der Waals surface area contributed by atoms with Gasteiger partial charge in [0.15, 0.2) is 0 Å². The number of nitrogens with zero attached hydrogens (tertiary/aromatic N) is 3. The van der Waals surface area contributed by atoms with Crippen molar-refractivity contribution in [2.75, 3.05) is 0 Å². The molecule has 1 aromatic heterocycles. The van der Waals surface area contributed by atoms with E-state index in [1.54, 1.807) is 24.3 Å². The van der Waals surface area contributed by atoms with Crippen molar-refractivity contribution in [3.63, 3.8) is 0 Å². The zero-order valence-electron chi connectivity index (χ0n) is 9.89. The predicted molar refractivity (Wildman–Crippen MR) is 65.8 cm³/mol. The first-order chi connectivity index (χ1) is 9.06. The van der Waals surface area contributed by atoms with Gasteiger partial charge in [0.05, 0.1) is 30.3 Å². The molecule has 7 nitrogen and oxygen atoms in total. The highest BCUT2D eigenvalue weighted by molar-refractivity contribution is 5.70. The molecule has 0 aliphatic rings. The minimum absolute atomic E-state index is 0.0838. The van der Waals surface area contributed by atoms with Crippen molar-refractivity contribution in [3.05, 3.63) is 57.8 Å². The summed E-state index contributed by atoms with van der Waals surface area (Å²) in [5.74, 6) is -1.14. The molecular weight excluding hydrogens is 250 g/mol. The van der Waals surface area contributed by atoms with E-state index in [4.69, 9.17) is 5.11 Å². The van der Waals surface area contributed by atoms with Crippen molar-refractivity contribution in [2.24, 2.45) is 0 Å². The average Bonchev–Trinajstić information content (AvgIpc) is 2.80. The van der Waals surface area contributed by atoms with Crippen LogP contribution in [-0.4, -0.2) is 25.8 Å². The molecule has 0 amide bonds. The zero-order valence-corrected chi connectivity index (χ0v) is 9.89. The van der Waals surface area contributed by atoms with Gasteiger partial charge in [-0.2, -0.15) is 4.68 Å².